The summed E-state index contributed by atoms with van der Waals surface area (Å²) in [5, 5.41) is 16.3. The van der Waals surface area contributed by atoms with E-state index in [1.54, 1.807) is 0 Å². The van der Waals surface area contributed by atoms with Crippen LogP contribution in [0.25, 0.3) is 18.1 Å². The molecule has 86 valence electrons. The number of fused-ring (bicyclic) bond motifs is 1. The second-order valence-electron chi connectivity index (χ2n) is 3.75. The van der Waals surface area contributed by atoms with Crippen LogP contribution in [0.2, 0.25) is 0 Å². The molecule has 0 saturated carbocycles. The third-order valence-corrected chi connectivity index (χ3v) is 2.60. The van der Waals surface area contributed by atoms with Crippen molar-refractivity contribution in [2.45, 2.75) is 12.8 Å². The standard InChI is InChI=1S/C10H9N5O2/c16-15(17)7-5-11-14(6-7)10-12-8-3-1-2-4-9(8)13-10/h3-6H,1-2H2,(H,12,13). The summed E-state index contributed by atoms with van der Waals surface area (Å²) < 4.78 is 1.37. The van der Waals surface area contributed by atoms with Gasteiger partial charge in [0.15, 0.2) is 0 Å². The lowest BCUT2D eigenvalue weighted by molar-refractivity contribution is -0.384. The largest absolute Gasteiger partial charge is 0.322 e. The van der Waals surface area contributed by atoms with Gasteiger partial charge >= 0.3 is 5.69 Å². The van der Waals surface area contributed by atoms with E-state index >= 15 is 0 Å². The fraction of sp³-hybridized carbons (Fsp3) is 0.200. The number of nitro groups is 1. The van der Waals surface area contributed by atoms with Crippen LogP contribution in [0.15, 0.2) is 12.4 Å². The van der Waals surface area contributed by atoms with E-state index in [0.717, 1.165) is 23.5 Å². The van der Waals surface area contributed by atoms with Gasteiger partial charge in [-0.05, 0) is 12.8 Å². The van der Waals surface area contributed by atoms with Gasteiger partial charge in [0.1, 0.15) is 12.4 Å². The molecule has 1 aliphatic carbocycles. The van der Waals surface area contributed by atoms with Crippen molar-refractivity contribution < 1.29 is 4.92 Å². The van der Waals surface area contributed by atoms with E-state index in [2.05, 4.69) is 21.1 Å². The first-order valence-corrected chi connectivity index (χ1v) is 5.20. The molecule has 0 aliphatic heterocycles. The predicted molar refractivity (Wildman–Crippen MR) is 59.8 cm³/mol. The SMILES string of the molecule is O=[N+]([O-])c1cnn(-c2nc3c([nH]2)=CCCC=3)c1. The average molecular weight is 231 g/mol. The first-order chi connectivity index (χ1) is 8.24. The Hall–Kier alpha value is -2.44. The first-order valence-electron chi connectivity index (χ1n) is 5.20. The van der Waals surface area contributed by atoms with Crippen LogP contribution in [-0.4, -0.2) is 24.7 Å². The highest BCUT2D eigenvalue weighted by atomic mass is 16.6. The topological polar surface area (TPSA) is 89.6 Å². The number of hydrogen-bond donors (Lipinski definition) is 1. The zero-order valence-corrected chi connectivity index (χ0v) is 8.83. The molecular weight excluding hydrogens is 222 g/mol. The molecule has 17 heavy (non-hydrogen) atoms. The van der Waals surface area contributed by atoms with Crippen molar-refractivity contribution in [3.63, 3.8) is 0 Å². The second-order valence-corrected chi connectivity index (χ2v) is 3.75. The fourth-order valence-corrected chi connectivity index (χ4v) is 1.78. The molecule has 1 N–H and O–H groups in total. The minimum Gasteiger partial charge on any atom is -0.322 e. The molecule has 7 nitrogen and oxygen atoms in total. The van der Waals surface area contributed by atoms with Crippen LogP contribution in [0, 0.1) is 10.1 Å². The normalized spacial score (nSPS) is 13.6. The van der Waals surface area contributed by atoms with Crippen LogP contribution < -0.4 is 10.7 Å². The fourth-order valence-electron chi connectivity index (χ4n) is 1.78. The van der Waals surface area contributed by atoms with E-state index in [0.29, 0.717) is 5.95 Å². The molecule has 0 bridgehead atoms. The van der Waals surface area contributed by atoms with Crippen LogP contribution in [0.5, 0.6) is 0 Å². The van der Waals surface area contributed by atoms with Crippen molar-refractivity contribution in [2.75, 3.05) is 0 Å². The van der Waals surface area contributed by atoms with Crippen molar-refractivity contribution in [3.05, 3.63) is 33.2 Å². The van der Waals surface area contributed by atoms with Crippen molar-refractivity contribution in [2.24, 2.45) is 0 Å². The summed E-state index contributed by atoms with van der Waals surface area (Å²) in [6.45, 7) is 0. The van der Waals surface area contributed by atoms with Gasteiger partial charge in [0, 0.05) is 0 Å². The Bertz CT molecular complexity index is 663. The molecule has 0 spiro atoms. The van der Waals surface area contributed by atoms with E-state index < -0.39 is 4.92 Å². The number of rotatable bonds is 2. The van der Waals surface area contributed by atoms with Gasteiger partial charge in [-0.2, -0.15) is 5.10 Å². The molecule has 1 aliphatic rings. The molecule has 0 atom stereocenters. The molecule has 0 unspecified atom stereocenters. The second kappa shape index (κ2) is 3.55. The van der Waals surface area contributed by atoms with Crippen molar-refractivity contribution in [1.82, 2.24) is 19.7 Å². The lowest BCUT2D eigenvalue weighted by atomic mass is 10.2. The minimum atomic E-state index is -0.482. The molecule has 0 radical (unpaired) electrons. The monoisotopic (exact) mass is 231 g/mol. The van der Waals surface area contributed by atoms with Gasteiger partial charge in [-0.1, -0.05) is 12.2 Å². The van der Waals surface area contributed by atoms with Crippen molar-refractivity contribution >= 4 is 17.8 Å². The Morgan fingerprint density at radius 3 is 2.94 bits per heavy atom. The van der Waals surface area contributed by atoms with Gasteiger partial charge < -0.3 is 4.98 Å². The maximum atomic E-state index is 10.5. The smallest absolute Gasteiger partial charge is 0.307 e. The van der Waals surface area contributed by atoms with E-state index in [-0.39, 0.29) is 5.69 Å². The number of aromatic amines is 1. The summed E-state index contributed by atoms with van der Waals surface area (Å²) in [4.78, 5) is 17.5. The van der Waals surface area contributed by atoms with E-state index in [9.17, 15) is 10.1 Å². The number of H-pyrrole nitrogens is 1. The van der Waals surface area contributed by atoms with Crippen LogP contribution in [0.1, 0.15) is 12.8 Å². The first kappa shape index (κ1) is 9.76. The Morgan fingerprint density at radius 1 is 1.41 bits per heavy atom. The number of hydrogen-bond acceptors (Lipinski definition) is 4. The van der Waals surface area contributed by atoms with Gasteiger partial charge in [-0.3, -0.25) is 10.1 Å². The summed E-state index contributed by atoms with van der Waals surface area (Å²) in [5.74, 6) is 0.498. The molecule has 2 aromatic rings. The van der Waals surface area contributed by atoms with Crippen molar-refractivity contribution in [3.8, 4) is 5.95 Å². The summed E-state index contributed by atoms with van der Waals surface area (Å²) in [5.41, 5.74) is -0.0488. The van der Waals surface area contributed by atoms with Crippen molar-refractivity contribution in [1.29, 1.82) is 0 Å². The zero-order chi connectivity index (χ0) is 11.8. The average Bonchev–Trinajstić information content (AvgIpc) is 2.95. The number of aromatic nitrogens is 4. The summed E-state index contributed by atoms with van der Waals surface area (Å²) in [7, 11) is 0. The number of imidazole rings is 1. The molecule has 3 rings (SSSR count). The Morgan fingerprint density at radius 2 is 2.24 bits per heavy atom. The van der Waals surface area contributed by atoms with Gasteiger partial charge in [-0.25, -0.2) is 9.67 Å². The number of nitrogens with zero attached hydrogens (tertiary/aromatic N) is 4. The maximum Gasteiger partial charge on any atom is 0.307 e. The Balaban J connectivity index is 2.10. The van der Waals surface area contributed by atoms with E-state index in [1.807, 2.05) is 6.08 Å². The molecule has 2 aromatic heterocycles. The molecule has 0 aromatic carbocycles. The third kappa shape index (κ3) is 1.61. The minimum absolute atomic E-state index is 0.0488. The molecule has 2 heterocycles. The Labute approximate surface area is 95.3 Å². The van der Waals surface area contributed by atoms with E-state index in [4.69, 9.17) is 0 Å². The maximum absolute atomic E-state index is 10.5. The Kier molecular flexibility index (Phi) is 2.04. The van der Waals surface area contributed by atoms with Crippen LogP contribution >= 0.6 is 0 Å². The summed E-state index contributed by atoms with van der Waals surface area (Å²) >= 11 is 0. The van der Waals surface area contributed by atoms with Gasteiger partial charge in [-0.15, -0.1) is 0 Å². The molecule has 0 amide bonds. The summed E-state index contributed by atoms with van der Waals surface area (Å²) in [6.07, 6.45) is 8.58. The highest BCUT2D eigenvalue weighted by molar-refractivity contribution is 5.35. The highest BCUT2D eigenvalue weighted by Gasteiger charge is 2.11. The van der Waals surface area contributed by atoms with Crippen LogP contribution in [0.4, 0.5) is 5.69 Å². The lowest BCUT2D eigenvalue weighted by Crippen LogP contribution is -2.26. The van der Waals surface area contributed by atoms with Crippen LogP contribution in [0.3, 0.4) is 0 Å². The molecule has 0 saturated heterocycles. The van der Waals surface area contributed by atoms with Gasteiger partial charge in [0.2, 0.25) is 5.95 Å². The van der Waals surface area contributed by atoms with Gasteiger partial charge in [0.05, 0.1) is 15.6 Å². The third-order valence-electron chi connectivity index (χ3n) is 2.60. The quantitative estimate of drug-likeness (QED) is 0.575. The molecule has 7 heteroatoms. The summed E-state index contributed by atoms with van der Waals surface area (Å²) in [6, 6.07) is 0. The lowest BCUT2D eigenvalue weighted by Gasteiger charge is -1.91. The predicted octanol–water partition coefficient (Wildman–Crippen LogP) is -0.142. The van der Waals surface area contributed by atoms with E-state index in [1.165, 1.54) is 17.1 Å². The molecule has 0 fully saturated rings. The number of nitrogens with one attached hydrogen (secondary N) is 1. The van der Waals surface area contributed by atoms with Crippen LogP contribution in [-0.2, 0) is 0 Å². The van der Waals surface area contributed by atoms with Gasteiger partial charge in [0.25, 0.3) is 0 Å². The zero-order valence-electron chi connectivity index (χ0n) is 8.83. The highest BCUT2D eigenvalue weighted by Crippen LogP contribution is 2.09. The molecular formula is C10H9N5O2.